The molecule has 414 valence electrons. The topological polar surface area (TPSA) is 422 Å². The number of Topliss-reactive ketones (excluding diaryl/α,β-unsaturated/α-hetero) is 2. The molecule has 1 fully saturated rings. The zero-order valence-corrected chi connectivity index (χ0v) is 44.0. The summed E-state index contributed by atoms with van der Waals surface area (Å²) in [6.45, 7) is 1.26. The number of para-hydroxylation sites is 1. The normalized spacial score (nSPS) is 21.2. The van der Waals surface area contributed by atoms with E-state index in [0.29, 0.717) is 16.1 Å². The van der Waals surface area contributed by atoms with Crippen molar-refractivity contribution in [1.29, 1.82) is 0 Å². The van der Waals surface area contributed by atoms with Crippen LogP contribution in [0.1, 0.15) is 88.7 Å². The van der Waals surface area contributed by atoms with Crippen molar-refractivity contribution < 1.29 is 43.2 Å². The van der Waals surface area contributed by atoms with Crippen molar-refractivity contribution in [3.8, 4) is 0 Å². The van der Waals surface area contributed by atoms with Crippen LogP contribution in [0.5, 0.6) is 0 Å². The summed E-state index contributed by atoms with van der Waals surface area (Å²) in [5.41, 5.74) is 35.7. The summed E-state index contributed by atoms with van der Waals surface area (Å²) in [5.74, 6) is -8.85. The molecular weight excluding hydrogens is 1030 g/mol. The Hall–Kier alpha value is -7.31. The van der Waals surface area contributed by atoms with E-state index < -0.39 is 101 Å². The van der Waals surface area contributed by atoms with Gasteiger partial charge in [0, 0.05) is 91.2 Å². The number of benzene rings is 2. The summed E-state index contributed by atoms with van der Waals surface area (Å²) in [6.07, 6.45) is 0.601. The van der Waals surface area contributed by atoms with E-state index in [1.54, 1.807) is 12.3 Å². The molecule has 3 aromatic rings. The molecule has 76 heavy (non-hydrogen) atoms. The van der Waals surface area contributed by atoms with Crippen LogP contribution in [0.2, 0.25) is 10.0 Å². The minimum atomic E-state index is -1.48. The molecule has 1 aliphatic heterocycles. The molecule has 1 aliphatic rings. The molecule has 0 aliphatic carbocycles. The second-order valence-corrected chi connectivity index (χ2v) is 19.5. The van der Waals surface area contributed by atoms with E-state index >= 15 is 0 Å². The van der Waals surface area contributed by atoms with Crippen molar-refractivity contribution >= 4 is 98.9 Å². The Labute approximate surface area is 450 Å². The van der Waals surface area contributed by atoms with Gasteiger partial charge in [0.05, 0.1) is 6.04 Å². The van der Waals surface area contributed by atoms with Gasteiger partial charge in [0.25, 0.3) is 0 Å². The number of nitrogens with zero attached hydrogens (tertiary/aromatic N) is 2. The maximum atomic E-state index is 14.8. The van der Waals surface area contributed by atoms with Crippen LogP contribution in [0.4, 0.5) is 0 Å². The summed E-state index contributed by atoms with van der Waals surface area (Å²) < 4.78 is 0. The lowest BCUT2D eigenvalue weighted by Gasteiger charge is -2.27. The number of H-pyrrole nitrogens is 1. The molecule has 0 bridgehead atoms. The number of nitrogens with one attached hydrogen (secondary N) is 7. The van der Waals surface area contributed by atoms with Crippen LogP contribution in [-0.4, -0.2) is 126 Å². The highest BCUT2D eigenvalue weighted by Gasteiger charge is 2.35. The highest BCUT2D eigenvalue weighted by molar-refractivity contribution is 6.35. The van der Waals surface area contributed by atoms with Gasteiger partial charge in [-0.1, -0.05) is 47.5 Å². The third kappa shape index (κ3) is 20.4. The van der Waals surface area contributed by atoms with E-state index in [0.717, 1.165) is 10.9 Å². The predicted molar refractivity (Wildman–Crippen MR) is 288 cm³/mol. The van der Waals surface area contributed by atoms with Gasteiger partial charge in [0.15, 0.2) is 17.7 Å². The number of halogens is 2. The summed E-state index contributed by atoms with van der Waals surface area (Å²) in [6, 6.07) is 5.23. The molecule has 7 amide bonds. The Balaban J connectivity index is 1.79. The van der Waals surface area contributed by atoms with E-state index in [4.69, 9.17) is 57.6 Å². The molecule has 7 atom stereocenters. The first-order chi connectivity index (χ1) is 36.1. The largest absolute Gasteiger partial charge is 0.370 e. The molecule has 4 rings (SSSR count). The van der Waals surface area contributed by atoms with Gasteiger partial charge in [-0.25, -0.2) is 0 Å². The number of amides is 7. The second-order valence-electron chi connectivity index (χ2n) is 18.6. The molecule has 0 unspecified atom stereocenters. The summed E-state index contributed by atoms with van der Waals surface area (Å²) >= 11 is 12.8. The van der Waals surface area contributed by atoms with Crippen molar-refractivity contribution in [3.63, 3.8) is 0 Å². The zero-order valence-electron chi connectivity index (χ0n) is 42.5. The van der Waals surface area contributed by atoms with Gasteiger partial charge in [-0.05, 0) is 93.7 Å². The molecule has 1 aromatic heterocycles. The van der Waals surface area contributed by atoms with Crippen LogP contribution in [-0.2, 0) is 56.0 Å². The number of carbonyl (C=O) groups excluding carboxylic acids is 9. The maximum absolute atomic E-state index is 14.8. The number of hydrogen-bond acceptors (Lipinski definition) is 12. The van der Waals surface area contributed by atoms with E-state index in [1.807, 2.05) is 24.3 Å². The van der Waals surface area contributed by atoms with Crippen LogP contribution < -0.4 is 66.3 Å². The minimum Gasteiger partial charge on any atom is -0.370 e. The highest BCUT2D eigenvalue weighted by Crippen LogP contribution is 2.27. The Morgan fingerprint density at radius 3 is 2.12 bits per heavy atom. The molecule has 0 saturated carbocycles. The van der Waals surface area contributed by atoms with E-state index in [2.05, 4.69) is 46.9 Å². The number of aliphatic imine (C=N–C) groups is 2. The van der Waals surface area contributed by atoms with Crippen LogP contribution in [0.3, 0.4) is 0 Å². The fourth-order valence-corrected chi connectivity index (χ4v) is 9.19. The molecule has 0 radical (unpaired) electrons. The van der Waals surface area contributed by atoms with Gasteiger partial charge < -0.3 is 71.3 Å². The minimum absolute atomic E-state index is 0.00390. The number of rotatable bonds is 18. The van der Waals surface area contributed by atoms with Gasteiger partial charge in [-0.3, -0.25) is 53.1 Å². The van der Waals surface area contributed by atoms with Crippen molar-refractivity contribution in [2.75, 3.05) is 26.2 Å². The van der Waals surface area contributed by atoms with Gasteiger partial charge >= 0.3 is 0 Å². The first-order valence-electron chi connectivity index (χ1n) is 25.0. The van der Waals surface area contributed by atoms with Gasteiger partial charge in [-0.2, -0.15) is 0 Å². The number of primary amides is 1. The number of hydrogen-bond donors (Lipinski definition) is 13. The van der Waals surface area contributed by atoms with Crippen molar-refractivity contribution in [2.24, 2.45) is 56.2 Å². The number of nitrogens with two attached hydrogens (primary N) is 6. The molecule has 2 heterocycles. The Bertz CT molecular complexity index is 2600. The molecule has 0 spiro atoms. The SMILES string of the molecule is CC(=O)N[C@@H](CCCN=C(N)N)C(=O)N[C@H]1CCC(=O)NCCC[C@@H](C(N)=O)NC(=O)[C@H](Cc2c[nH]c3ccccc23)CC(=O)[C@H](CCCN=C(N)N)CC(=O)[C@@H](Cc2ccc(Cl)cc2Cl)NC(=O)[C@H](CCN)NC1=O. The monoisotopic (exact) mass is 1100 g/mol. The van der Waals surface area contributed by atoms with Crippen molar-refractivity contribution in [3.05, 3.63) is 69.8 Å². The van der Waals surface area contributed by atoms with Crippen LogP contribution in [0.25, 0.3) is 10.9 Å². The van der Waals surface area contributed by atoms with Crippen LogP contribution >= 0.6 is 23.2 Å². The van der Waals surface area contributed by atoms with Crippen molar-refractivity contribution in [2.45, 2.75) is 121 Å². The van der Waals surface area contributed by atoms with E-state index in [9.17, 15) is 43.2 Å². The van der Waals surface area contributed by atoms with Crippen molar-refractivity contribution in [1.82, 2.24) is 36.9 Å². The van der Waals surface area contributed by atoms with E-state index in [1.165, 1.54) is 19.1 Å². The second kappa shape index (κ2) is 30.9. The summed E-state index contributed by atoms with van der Waals surface area (Å²) in [4.78, 5) is 136. The lowest BCUT2D eigenvalue weighted by molar-refractivity contribution is -0.135. The number of aromatic nitrogens is 1. The Kier molecular flexibility index (Phi) is 24.9. The molecular formula is C50H71Cl2N15O9. The highest BCUT2D eigenvalue weighted by atomic mass is 35.5. The average molecular weight is 1100 g/mol. The van der Waals surface area contributed by atoms with E-state index in [-0.39, 0.29) is 120 Å². The first-order valence-corrected chi connectivity index (χ1v) is 25.8. The van der Waals surface area contributed by atoms with Crippen LogP contribution in [0.15, 0.2) is 58.6 Å². The lowest BCUT2D eigenvalue weighted by atomic mass is 9.83. The third-order valence-electron chi connectivity index (χ3n) is 12.7. The smallest absolute Gasteiger partial charge is 0.243 e. The summed E-state index contributed by atoms with van der Waals surface area (Å²) in [5, 5.41) is 17.2. The van der Waals surface area contributed by atoms with Gasteiger partial charge in [0.2, 0.25) is 41.4 Å². The number of ketones is 2. The molecule has 19 N–H and O–H groups in total. The fraction of sp³-hybridized carbons (Fsp3) is 0.500. The van der Waals surface area contributed by atoms with Gasteiger partial charge in [-0.15, -0.1) is 0 Å². The number of fused-ring (bicyclic) bond motifs is 1. The third-order valence-corrected chi connectivity index (χ3v) is 13.3. The predicted octanol–water partition coefficient (Wildman–Crippen LogP) is -0.514. The maximum Gasteiger partial charge on any atom is 0.243 e. The standard InChI is InChI=1S/C50H71Cl2N15O9/c1-27(68)63-37(11-6-20-61-50(57)58)46(74)65-38-14-15-43(71)59-18-5-10-36(44(54)72)64-45(73)30(21-31-26-62-35-9-3-2-8-33(31)35)24-41(69)29(7-4-19-60-49(55)56)23-42(70)40(22-28-12-13-32(51)25-34(28)52)67-48(76)39(16-17-53)66-47(38)75/h2-3,8-9,12-13,25-26,29-30,36-40,62H,4-7,10-11,14-24,53H2,1H3,(H2,54,72)(H,59,71)(H,63,68)(H,64,73)(H,65,74)(H,66,75)(H,67,76)(H4,55,56,60)(H4,57,58,61)/t29-,30-,36+,37+,38+,39+,40-/m1/s1. The first kappa shape index (κ1) is 61.2. The Morgan fingerprint density at radius 2 is 1.45 bits per heavy atom. The van der Waals surface area contributed by atoms with Crippen LogP contribution in [0, 0.1) is 11.8 Å². The lowest BCUT2D eigenvalue weighted by Crippen LogP contribution is -2.58. The average Bonchev–Trinajstić information content (AvgIpc) is 3.77. The summed E-state index contributed by atoms with van der Waals surface area (Å²) in [7, 11) is 0. The quantitative estimate of drug-likeness (QED) is 0.0434. The molecule has 26 heteroatoms. The zero-order chi connectivity index (χ0) is 55.9. The molecule has 24 nitrogen and oxygen atoms in total. The number of guanidine groups is 2. The molecule has 1 saturated heterocycles. The number of aromatic amines is 1. The van der Waals surface area contributed by atoms with Gasteiger partial charge in [0.1, 0.15) is 30.0 Å². The molecule has 2 aromatic carbocycles. The fourth-order valence-electron chi connectivity index (χ4n) is 8.71. The number of carbonyl (C=O) groups is 9. The Morgan fingerprint density at radius 1 is 0.763 bits per heavy atom.